The second kappa shape index (κ2) is 6.53. The summed E-state index contributed by atoms with van der Waals surface area (Å²) < 4.78 is 5.78. The van der Waals surface area contributed by atoms with Crippen LogP contribution in [0.4, 0.5) is 0 Å². The number of ketones is 1. The van der Waals surface area contributed by atoms with E-state index in [0.717, 1.165) is 11.1 Å². The molecule has 2 aliphatic carbocycles. The molecule has 0 spiro atoms. The van der Waals surface area contributed by atoms with Gasteiger partial charge in [0.05, 0.1) is 21.9 Å². The van der Waals surface area contributed by atoms with Gasteiger partial charge in [-0.05, 0) is 53.6 Å². The number of ether oxygens (including phenoxy) is 1. The third-order valence-corrected chi connectivity index (χ3v) is 8.69. The van der Waals surface area contributed by atoms with Crippen molar-refractivity contribution in [1.29, 1.82) is 5.26 Å². The quantitative estimate of drug-likeness (QED) is 0.361. The highest BCUT2D eigenvalue weighted by Crippen LogP contribution is 2.72. The lowest BCUT2D eigenvalue weighted by molar-refractivity contribution is -0.150. The van der Waals surface area contributed by atoms with E-state index in [4.69, 9.17) is 10.00 Å². The van der Waals surface area contributed by atoms with Crippen LogP contribution in [-0.2, 0) is 9.59 Å². The summed E-state index contributed by atoms with van der Waals surface area (Å²) in [7, 11) is 0. The smallest absolute Gasteiger partial charge is 0.319 e. The Morgan fingerprint density at radius 1 is 1.03 bits per heavy atom. The van der Waals surface area contributed by atoms with Gasteiger partial charge in [-0.15, -0.1) is 0 Å². The lowest BCUT2D eigenvalue weighted by Crippen LogP contribution is -2.47. The monoisotopic (exact) mass is 451 g/mol. The topological polar surface area (TPSA) is 67.2 Å². The van der Waals surface area contributed by atoms with Crippen LogP contribution in [0, 0.1) is 27.6 Å². The predicted octanol–water partition coefficient (Wildman–Crippen LogP) is 5.29. The molecular weight excluding hydrogens is 430 g/mol. The first-order valence-electron chi connectivity index (χ1n) is 9.69. The molecule has 0 aliphatic heterocycles. The number of fused-ring (bicyclic) bond motifs is 2. The van der Waals surface area contributed by atoms with Crippen LogP contribution in [0.15, 0.2) is 48.5 Å². The Bertz CT molecular complexity index is 1040. The van der Waals surface area contributed by atoms with Crippen LogP contribution in [0.25, 0.3) is 11.1 Å². The largest absolute Gasteiger partial charge is 0.426 e. The standard InChI is InChI=1S/C24H22BrNO3/c1-22(2)23(3)12-13-24(22,19(25)20(23)27)21(28)29-18-10-8-17(9-11-18)16-6-4-15(14-26)5-7-16/h4-11,19H,12-13H2,1-3H3. The van der Waals surface area contributed by atoms with Crippen molar-refractivity contribution in [2.24, 2.45) is 16.2 Å². The summed E-state index contributed by atoms with van der Waals surface area (Å²) in [5.41, 5.74) is 0.709. The number of esters is 1. The van der Waals surface area contributed by atoms with Gasteiger partial charge in [0, 0.05) is 5.41 Å². The van der Waals surface area contributed by atoms with Gasteiger partial charge in [0.15, 0.2) is 5.78 Å². The molecule has 2 aromatic rings. The normalized spacial score (nSPS) is 29.5. The lowest BCUT2D eigenvalue weighted by Gasteiger charge is -2.38. The lowest BCUT2D eigenvalue weighted by atomic mass is 9.65. The second-order valence-electron chi connectivity index (χ2n) is 8.76. The minimum absolute atomic E-state index is 0.0989. The van der Waals surface area contributed by atoms with Gasteiger partial charge < -0.3 is 4.74 Å². The van der Waals surface area contributed by atoms with Crippen molar-refractivity contribution in [2.45, 2.75) is 38.4 Å². The van der Waals surface area contributed by atoms with Crippen LogP contribution in [0.3, 0.4) is 0 Å². The minimum atomic E-state index is -0.857. The van der Waals surface area contributed by atoms with E-state index >= 15 is 0 Å². The maximum absolute atomic E-state index is 13.3. The Kier molecular flexibility index (Phi) is 4.47. The number of benzene rings is 2. The molecular formula is C24H22BrNO3. The van der Waals surface area contributed by atoms with E-state index in [9.17, 15) is 9.59 Å². The third kappa shape index (κ3) is 2.55. The second-order valence-corrected chi connectivity index (χ2v) is 9.67. The number of nitrogens with zero attached hydrogens (tertiary/aromatic N) is 1. The van der Waals surface area contributed by atoms with E-state index in [1.807, 2.05) is 45.0 Å². The molecule has 2 aromatic carbocycles. The molecule has 2 aliphatic rings. The van der Waals surface area contributed by atoms with Crippen molar-refractivity contribution in [3.63, 3.8) is 0 Å². The Balaban J connectivity index is 1.58. The van der Waals surface area contributed by atoms with Crippen molar-refractivity contribution >= 4 is 27.7 Å². The van der Waals surface area contributed by atoms with E-state index in [2.05, 4.69) is 22.0 Å². The first kappa shape index (κ1) is 19.8. The Hall–Kier alpha value is -2.45. The van der Waals surface area contributed by atoms with Gasteiger partial charge >= 0.3 is 5.97 Å². The fraction of sp³-hybridized carbons (Fsp3) is 0.375. The van der Waals surface area contributed by atoms with Crippen LogP contribution in [0.5, 0.6) is 5.75 Å². The van der Waals surface area contributed by atoms with Gasteiger partial charge in [-0.25, -0.2) is 0 Å². The van der Waals surface area contributed by atoms with Gasteiger partial charge in [0.1, 0.15) is 5.75 Å². The maximum Gasteiger partial charge on any atom is 0.319 e. The highest BCUT2D eigenvalue weighted by atomic mass is 79.9. The number of rotatable bonds is 3. The molecule has 0 aromatic heterocycles. The fourth-order valence-electron chi connectivity index (χ4n) is 5.05. The van der Waals surface area contributed by atoms with Gasteiger partial charge in [0.25, 0.3) is 0 Å². The van der Waals surface area contributed by atoms with Crippen molar-refractivity contribution in [3.05, 3.63) is 54.1 Å². The summed E-state index contributed by atoms with van der Waals surface area (Å²) in [6.07, 6.45) is 1.34. The van der Waals surface area contributed by atoms with E-state index in [1.165, 1.54) is 0 Å². The number of halogens is 1. The summed E-state index contributed by atoms with van der Waals surface area (Å²) in [5.74, 6) is 0.220. The molecule has 0 amide bonds. The van der Waals surface area contributed by atoms with Gasteiger partial charge in [-0.1, -0.05) is 61.0 Å². The molecule has 5 heteroatoms. The van der Waals surface area contributed by atoms with Crippen LogP contribution in [0.2, 0.25) is 0 Å². The van der Waals surface area contributed by atoms with Crippen LogP contribution in [0.1, 0.15) is 39.2 Å². The molecule has 4 nitrogen and oxygen atoms in total. The van der Waals surface area contributed by atoms with E-state index < -0.39 is 21.1 Å². The summed E-state index contributed by atoms with van der Waals surface area (Å²) >= 11 is 3.52. The van der Waals surface area contributed by atoms with Crippen LogP contribution >= 0.6 is 15.9 Å². The average molecular weight is 452 g/mol. The highest BCUT2D eigenvalue weighted by Gasteiger charge is 2.77. The molecule has 29 heavy (non-hydrogen) atoms. The molecule has 3 atom stereocenters. The van der Waals surface area contributed by atoms with Crippen molar-refractivity contribution < 1.29 is 14.3 Å². The molecule has 0 N–H and O–H groups in total. The Labute approximate surface area is 179 Å². The first-order chi connectivity index (χ1) is 13.7. The van der Waals surface area contributed by atoms with Crippen molar-refractivity contribution in [3.8, 4) is 22.9 Å². The first-order valence-corrected chi connectivity index (χ1v) is 10.6. The van der Waals surface area contributed by atoms with Crippen LogP contribution < -0.4 is 4.74 Å². The van der Waals surface area contributed by atoms with Crippen molar-refractivity contribution in [1.82, 2.24) is 0 Å². The molecule has 0 heterocycles. The molecule has 2 bridgehead atoms. The summed E-state index contributed by atoms with van der Waals surface area (Å²) in [4.78, 5) is 25.6. The zero-order chi connectivity index (χ0) is 21.0. The number of Topliss-reactive ketones (excluding diaryl/α,β-unsaturated/α-hetero) is 1. The van der Waals surface area contributed by atoms with E-state index in [0.29, 0.717) is 24.2 Å². The molecule has 3 unspecified atom stereocenters. The molecule has 4 rings (SSSR count). The fourth-order valence-corrected chi connectivity index (χ4v) is 6.55. The zero-order valence-electron chi connectivity index (χ0n) is 16.7. The maximum atomic E-state index is 13.3. The van der Waals surface area contributed by atoms with Crippen molar-refractivity contribution in [2.75, 3.05) is 0 Å². The minimum Gasteiger partial charge on any atom is -0.426 e. The third-order valence-electron chi connectivity index (χ3n) is 7.50. The number of carbonyl (C=O) groups is 2. The molecule has 148 valence electrons. The number of carbonyl (C=O) groups excluding carboxylic acids is 2. The number of nitriles is 1. The summed E-state index contributed by atoms with van der Waals surface area (Å²) in [5, 5.41) is 8.92. The number of alkyl halides is 1. The highest BCUT2D eigenvalue weighted by molar-refractivity contribution is 9.10. The van der Waals surface area contributed by atoms with Gasteiger partial charge in [-0.3, -0.25) is 9.59 Å². The zero-order valence-corrected chi connectivity index (χ0v) is 18.2. The summed E-state index contributed by atoms with van der Waals surface area (Å²) in [6.45, 7) is 5.99. The average Bonchev–Trinajstić information content (AvgIpc) is 3.00. The van der Waals surface area contributed by atoms with E-state index in [-0.39, 0.29) is 11.8 Å². The van der Waals surface area contributed by atoms with Gasteiger partial charge in [0.2, 0.25) is 0 Å². The van der Waals surface area contributed by atoms with Crippen LogP contribution in [-0.4, -0.2) is 16.6 Å². The molecule has 2 saturated carbocycles. The number of hydrogen-bond acceptors (Lipinski definition) is 4. The summed E-state index contributed by atoms with van der Waals surface area (Å²) in [6, 6.07) is 16.7. The van der Waals surface area contributed by atoms with E-state index in [1.54, 1.807) is 24.3 Å². The predicted molar refractivity (Wildman–Crippen MR) is 114 cm³/mol. The Morgan fingerprint density at radius 2 is 1.59 bits per heavy atom. The SMILES string of the molecule is CC12CCC(C(=O)Oc3ccc(-c4ccc(C#N)cc4)cc3)(C(Br)C1=O)C2(C)C. The molecule has 0 saturated heterocycles. The number of hydrogen-bond donors (Lipinski definition) is 0. The Morgan fingerprint density at radius 3 is 2.07 bits per heavy atom. The molecule has 0 radical (unpaired) electrons. The molecule has 2 fully saturated rings. The van der Waals surface area contributed by atoms with Gasteiger partial charge in [-0.2, -0.15) is 5.26 Å².